The van der Waals surface area contributed by atoms with Crippen molar-refractivity contribution in [1.82, 2.24) is 25.4 Å². The van der Waals surface area contributed by atoms with Crippen molar-refractivity contribution in [1.29, 1.82) is 0 Å². The van der Waals surface area contributed by atoms with Crippen LogP contribution >= 0.6 is 0 Å². The Hall–Kier alpha value is -2.94. The lowest BCUT2D eigenvalue weighted by molar-refractivity contribution is -0.116. The molecule has 1 atom stereocenters. The molecule has 1 aliphatic heterocycles. The average molecular weight is 428 g/mol. The number of aryl methyl sites for hydroxylation is 1. The maximum absolute atomic E-state index is 12.0. The van der Waals surface area contributed by atoms with Gasteiger partial charge in [0, 0.05) is 45.3 Å². The molecule has 3 rings (SSSR count). The van der Waals surface area contributed by atoms with Crippen molar-refractivity contribution in [2.24, 2.45) is 10.9 Å². The second-order valence-electron chi connectivity index (χ2n) is 8.21. The van der Waals surface area contributed by atoms with Crippen LogP contribution in [0.2, 0.25) is 0 Å². The van der Waals surface area contributed by atoms with Crippen molar-refractivity contribution in [2.45, 2.75) is 58.8 Å². The fraction of sp³-hybridized carbons (Fsp3) is 0.545. The van der Waals surface area contributed by atoms with E-state index in [0.717, 1.165) is 48.2 Å². The topological polar surface area (TPSA) is 105 Å². The first-order chi connectivity index (χ1) is 15.0. The minimum absolute atomic E-state index is 0.0380. The molecule has 1 aromatic heterocycles. The molecule has 1 unspecified atom stereocenters. The van der Waals surface area contributed by atoms with E-state index in [4.69, 9.17) is 4.74 Å². The molecular formula is C22H33N7O2. The standard InChI is InChI=1S/C22H33N7O2/c1-15(2)10-21(30)25-17-7-5-6-16(11-17)12-24-22(23-3)26-18-8-9-20-27-19(14-31-4)28-29(20)13-18/h5-7,11,15,18H,8-10,12-14H2,1-4H3,(H,25,30)(H2,23,24,26). The molecule has 9 nitrogen and oxygen atoms in total. The number of rotatable bonds is 8. The van der Waals surface area contributed by atoms with Crippen LogP contribution in [0, 0.1) is 5.92 Å². The number of fused-ring (bicyclic) bond motifs is 1. The Morgan fingerprint density at radius 2 is 2.23 bits per heavy atom. The summed E-state index contributed by atoms with van der Waals surface area (Å²) in [5.41, 5.74) is 1.88. The first-order valence-electron chi connectivity index (χ1n) is 10.7. The Bertz CT molecular complexity index is 907. The molecule has 31 heavy (non-hydrogen) atoms. The third kappa shape index (κ3) is 6.78. The van der Waals surface area contributed by atoms with Crippen molar-refractivity contribution >= 4 is 17.6 Å². The molecule has 2 aromatic rings. The Morgan fingerprint density at radius 3 is 2.97 bits per heavy atom. The number of carbonyl (C=O) groups is 1. The third-order valence-electron chi connectivity index (χ3n) is 5.00. The van der Waals surface area contributed by atoms with Crippen LogP contribution in [-0.2, 0) is 35.6 Å². The largest absolute Gasteiger partial charge is 0.377 e. The van der Waals surface area contributed by atoms with Crippen LogP contribution in [0.5, 0.6) is 0 Å². The second kappa shape index (κ2) is 10.9. The second-order valence-corrected chi connectivity index (χ2v) is 8.21. The van der Waals surface area contributed by atoms with Gasteiger partial charge in [0.2, 0.25) is 5.91 Å². The zero-order valence-corrected chi connectivity index (χ0v) is 18.8. The normalized spacial score (nSPS) is 16.2. The summed E-state index contributed by atoms with van der Waals surface area (Å²) in [6.07, 6.45) is 2.34. The van der Waals surface area contributed by atoms with E-state index in [1.165, 1.54) is 0 Å². The maximum atomic E-state index is 12.0. The first-order valence-corrected chi connectivity index (χ1v) is 10.7. The van der Waals surface area contributed by atoms with Gasteiger partial charge in [-0.05, 0) is 30.0 Å². The van der Waals surface area contributed by atoms with E-state index >= 15 is 0 Å². The van der Waals surface area contributed by atoms with E-state index < -0.39 is 0 Å². The number of guanidine groups is 1. The van der Waals surface area contributed by atoms with Gasteiger partial charge in [0.15, 0.2) is 11.8 Å². The smallest absolute Gasteiger partial charge is 0.224 e. The van der Waals surface area contributed by atoms with Gasteiger partial charge in [0.05, 0.1) is 6.54 Å². The number of aliphatic imine (C=N–C) groups is 1. The van der Waals surface area contributed by atoms with Crippen LogP contribution in [0.15, 0.2) is 29.3 Å². The first kappa shape index (κ1) is 22.7. The molecule has 3 N–H and O–H groups in total. The van der Waals surface area contributed by atoms with Gasteiger partial charge in [-0.2, -0.15) is 5.10 Å². The summed E-state index contributed by atoms with van der Waals surface area (Å²) in [4.78, 5) is 20.9. The lowest BCUT2D eigenvalue weighted by atomic mass is 10.1. The van der Waals surface area contributed by atoms with Gasteiger partial charge in [0.25, 0.3) is 0 Å². The van der Waals surface area contributed by atoms with Gasteiger partial charge < -0.3 is 20.7 Å². The molecule has 0 aliphatic carbocycles. The number of ether oxygens (including phenoxy) is 1. The summed E-state index contributed by atoms with van der Waals surface area (Å²) < 4.78 is 7.08. The highest BCUT2D eigenvalue weighted by atomic mass is 16.5. The molecule has 1 aliphatic rings. The molecular weight excluding hydrogens is 394 g/mol. The van der Waals surface area contributed by atoms with Gasteiger partial charge in [-0.15, -0.1) is 0 Å². The van der Waals surface area contributed by atoms with Crippen LogP contribution < -0.4 is 16.0 Å². The van der Waals surface area contributed by atoms with Gasteiger partial charge in [0.1, 0.15) is 12.4 Å². The van der Waals surface area contributed by atoms with Crippen LogP contribution in [0.25, 0.3) is 0 Å². The van der Waals surface area contributed by atoms with Crippen molar-refractivity contribution < 1.29 is 9.53 Å². The highest BCUT2D eigenvalue weighted by Gasteiger charge is 2.22. The molecule has 0 spiro atoms. The number of hydrogen-bond acceptors (Lipinski definition) is 5. The predicted octanol–water partition coefficient (Wildman–Crippen LogP) is 2.09. The maximum Gasteiger partial charge on any atom is 0.224 e. The summed E-state index contributed by atoms with van der Waals surface area (Å²) in [5, 5.41) is 14.3. The summed E-state index contributed by atoms with van der Waals surface area (Å²) in [7, 11) is 3.41. The predicted molar refractivity (Wildman–Crippen MR) is 121 cm³/mol. The molecule has 1 aromatic carbocycles. The Kier molecular flexibility index (Phi) is 8.00. The van der Waals surface area contributed by atoms with Crippen LogP contribution in [0.1, 0.15) is 43.9 Å². The minimum Gasteiger partial charge on any atom is -0.377 e. The molecule has 1 amide bonds. The molecule has 0 saturated heterocycles. The molecule has 168 valence electrons. The minimum atomic E-state index is 0.0380. The van der Waals surface area contributed by atoms with Crippen LogP contribution in [-0.4, -0.2) is 46.8 Å². The monoisotopic (exact) mass is 427 g/mol. The lowest BCUT2D eigenvalue weighted by Gasteiger charge is -2.25. The van der Waals surface area contributed by atoms with Crippen LogP contribution in [0.4, 0.5) is 5.69 Å². The number of hydrogen-bond donors (Lipinski definition) is 3. The number of carbonyl (C=O) groups excluding carboxylic acids is 1. The zero-order chi connectivity index (χ0) is 22.2. The van der Waals surface area contributed by atoms with Gasteiger partial charge in [-0.25, -0.2) is 9.67 Å². The number of methoxy groups -OCH3 is 1. The highest BCUT2D eigenvalue weighted by molar-refractivity contribution is 5.90. The number of benzene rings is 1. The van der Waals surface area contributed by atoms with Crippen molar-refractivity contribution in [3.05, 3.63) is 41.5 Å². The lowest BCUT2D eigenvalue weighted by Crippen LogP contribution is -2.46. The summed E-state index contributed by atoms with van der Waals surface area (Å²) in [6, 6.07) is 8.08. The number of amides is 1. The zero-order valence-electron chi connectivity index (χ0n) is 18.8. The number of aromatic nitrogens is 3. The Morgan fingerprint density at radius 1 is 1.39 bits per heavy atom. The van der Waals surface area contributed by atoms with E-state index in [1.54, 1.807) is 14.2 Å². The van der Waals surface area contributed by atoms with E-state index in [0.29, 0.717) is 25.5 Å². The quantitative estimate of drug-likeness (QED) is 0.440. The molecule has 2 heterocycles. The van der Waals surface area contributed by atoms with E-state index in [1.807, 2.05) is 42.8 Å². The van der Waals surface area contributed by atoms with E-state index in [9.17, 15) is 4.79 Å². The van der Waals surface area contributed by atoms with Gasteiger partial charge >= 0.3 is 0 Å². The van der Waals surface area contributed by atoms with Crippen molar-refractivity contribution in [3.63, 3.8) is 0 Å². The highest BCUT2D eigenvalue weighted by Crippen LogP contribution is 2.14. The fourth-order valence-corrected chi connectivity index (χ4v) is 3.58. The van der Waals surface area contributed by atoms with Gasteiger partial charge in [-0.3, -0.25) is 9.79 Å². The Labute approximate surface area is 183 Å². The van der Waals surface area contributed by atoms with E-state index in [2.05, 4.69) is 31.0 Å². The average Bonchev–Trinajstić information content (AvgIpc) is 3.12. The van der Waals surface area contributed by atoms with Crippen molar-refractivity contribution in [2.75, 3.05) is 19.5 Å². The molecule has 0 saturated carbocycles. The van der Waals surface area contributed by atoms with Crippen molar-refractivity contribution in [3.8, 4) is 0 Å². The molecule has 0 radical (unpaired) electrons. The third-order valence-corrected chi connectivity index (χ3v) is 5.00. The van der Waals surface area contributed by atoms with E-state index in [-0.39, 0.29) is 11.9 Å². The van der Waals surface area contributed by atoms with Gasteiger partial charge in [-0.1, -0.05) is 26.0 Å². The number of anilines is 1. The number of nitrogens with one attached hydrogen (secondary N) is 3. The SMILES string of the molecule is CN=C(NCc1cccc(NC(=O)CC(C)C)c1)NC1CCc2nc(COC)nn2C1. The molecule has 9 heteroatoms. The Balaban J connectivity index is 1.51. The molecule has 0 fully saturated rings. The summed E-state index contributed by atoms with van der Waals surface area (Å²) >= 11 is 0. The fourth-order valence-electron chi connectivity index (χ4n) is 3.58. The number of nitrogens with zero attached hydrogens (tertiary/aromatic N) is 4. The van der Waals surface area contributed by atoms with Crippen LogP contribution in [0.3, 0.4) is 0 Å². The summed E-state index contributed by atoms with van der Waals surface area (Å²) in [5.74, 6) is 2.83. The summed E-state index contributed by atoms with van der Waals surface area (Å²) in [6.45, 7) is 5.84. The molecule has 0 bridgehead atoms.